The van der Waals surface area contributed by atoms with E-state index in [4.69, 9.17) is 14.2 Å². The molecule has 0 N–H and O–H groups in total. The molecule has 0 saturated heterocycles. The van der Waals surface area contributed by atoms with Crippen molar-refractivity contribution in [1.29, 1.82) is 0 Å². The van der Waals surface area contributed by atoms with Gasteiger partial charge in [0, 0.05) is 0 Å². The highest BCUT2D eigenvalue weighted by Crippen LogP contribution is 2.32. The van der Waals surface area contributed by atoms with Crippen molar-refractivity contribution in [3.63, 3.8) is 0 Å². The molecular formula is C29H26I2N2O5S. The zero-order chi connectivity index (χ0) is 28.1. The molecule has 3 aromatic rings. The molecule has 39 heavy (non-hydrogen) atoms. The molecule has 1 aliphatic rings. The maximum atomic E-state index is 13.9. The van der Waals surface area contributed by atoms with E-state index in [1.165, 1.54) is 11.3 Å². The van der Waals surface area contributed by atoms with Gasteiger partial charge in [0.1, 0.15) is 24.7 Å². The summed E-state index contributed by atoms with van der Waals surface area (Å²) in [6.07, 6.45) is 5.21. The zero-order valence-corrected chi connectivity index (χ0v) is 26.5. The minimum atomic E-state index is -0.689. The molecule has 0 fully saturated rings. The number of hydrogen-bond acceptors (Lipinski definition) is 7. The van der Waals surface area contributed by atoms with Crippen LogP contribution in [-0.4, -0.2) is 30.4 Å². The minimum Gasteiger partial charge on any atom is -0.490 e. The van der Waals surface area contributed by atoms with Crippen molar-refractivity contribution in [2.75, 3.05) is 19.8 Å². The van der Waals surface area contributed by atoms with Crippen LogP contribution in [-0.2, 0) is 9.53 Å². The topological polar surface area (TPSA) is 79.1 Å². The Labute approximate surface area is 257 Å². The van der Waals surface area contributed by atoms with Crippen LogP contribution in [0.4, 0.5) is 0 Å². The van der Waals surface area contributed by atoms with Crippen molar-refractivity contribution >= 4 is 68.6 Å². The number of carbonyl (C=O) groups excluding carboxylic acids is 1. The van der Waals surface area contributed by atoms with E-state index in [1.54, 1.807) is 30.6 Å². The van der Waals surface area contributed by atoms with E-state index in [0.29, 0.717) is 39.6 Å². The van der Waals surface area contributed by atoms with Gasteiger partial charge in [-0.05, 0) is 100 Å². The quantitative estimate of drug-likeness (QED) is 0.162. The first-order chi connectivity index (χ1) is 18.8. The fourth-order valence-electron chi connectivity index (χ4n) is 4.10. The molecule has 0 saturated carbocycles. The summed E-state index contributed by atoms with van der Waals surface area (Å²) in [5.74, 6) is 0.948. The van der Waals surface area contributed by atoms with Crippen LogP contribution in [0.5, 0.6) is 11.5 Å². The SMILES string of the molecule is C=CCOc1ccc([C@@H]2C(C(=O)OCC)=C(C)N=c3s/c(=C\c4cc(I)c(OCC=C)c(I)c4)c(=O)n32)cc1. The van der Waals surface area contributed by atoms with Crippen LogP contribution >= 0.6 is 56.5 Å². The number of esters is 1. The van der Waals surface area contributed by atoms with Gasteiger partial charge in [0.25, 0.3) is 5.56 Å². The van der Waals surface area contributed by atoms with Crippen LogP contribution in [0.25, 0.3) is 6.08 Å². The molecule has 7 nitrogen and oxygen atoms in total. The number of halogens is 2. The first kappa shape index (κ1) is 29.3. The molecule has 2 heterocycles. The number of carbonyl (C=O) groups is 1. The summed E-state index contributed by atoms with van der Waals surface area (Å²) in [4.78, 5) is 32.1. The van der Waals surface area contributed by atoms with Crippen LogP contribution < -0.4 is 24.4 Å². The predicted octanol–water partition coefficient (Wildman–Crippen LogP) is 5.14. The number of thiazole rings is 1. The highest BCUT2D eigenvalue weighted by atomic mass is 127. The number of fused-ring (bicyclic) bond motifs is 1. The predicted molar refractivity (Wildman–Crippen MR) is 170 cm³/mol. The highest BCUT2D eigenvalue weighted by Gasteiger charge is 2.33. The molecule has 0 amide bonds. The lowest BCUT2D eigenvalue weighted by Crippen LogP contribution is -2.39. The van der Waals surface area contributed by atoms with Crippen LogP contribution in [0.2, 0.25) is 0 Å². The van der Waals surface area contributed by atoms with Crippen molar-refractivity contribution in [2.45, 2.75) is 19.9 Å². The van der Waals surface area contributed by atoms with E-state index in [1.807, 2.05) is 42.5 Å². The van der Waals surface area contributed by atoms with Crippen LogP contribution in [0, 0.1) is 7.14 Å². The van der Waals surface area contributed by atoms with E-state index < -0.39 is 12.0 Å². The highest BCUT2D eigenvalue weighted by molar-refractivity contribution is 14.1. The first-order valence-electron chi connectivity index (χ1n) is 12.0. The normalized spacial score (nSPS) is 14.9. The average molecular weight is 768 g/mol. The standard InChI is InChI=1S/C29H26I2N2O5S/c1-5-12-37-20-10-8-19(9-11-20)25-24(28(35)36-7-3)17(4)32-29-33(25)27(34)23(39-29)16-18-14-21(30)26(22(31)15-18)38-13-6-2/h5-6,8-11,14-16,25H,1-2,7,12-13H2,3-4H3/b23-16-/t25-/m1/s1. The molecular weight excluding hydrogens is 742 g/mol. The van der Waals surface area contributed by atoms with Crippen molar-refractivity contribution < 1.29 is 19.0 Å². The Kier molecular flexibility index (Phi) is 9.83. The van der Waals surface area contributed by atoms with Gasteiger partial charge in [-0.3, -0.25) is 9.36 Å². The molecule has 2 aromatic carbocycles. The second kappa shape index (κ2) is 13.1. The average Bonchev–Trinajstić information content (AvgIpc) is 3.20. The van der Waals surface area contributed by atoms with Crippen molar-refractivity contribution in [2.24, 2.45) is 4.99 Å². The van der Waals surface area contributed by atoms with Crippen molar-refractivity contribution in [3.8, 4) is 11.5 Å². The van der Waals surface area contributed by atoms with E-state index in [-0.39, 0.29) is 12.2 Å². The van der Waals surface area contributed by atoms with E-state index in [0.717, 1.165) is 24.0 Å². The van der Waals surface area contributed by atoms with Gasteiger partial charge in [0.05, 0.1) is 35.6 Å². The molecule has 0 aliphatic carbocycles. The number of nitrogens with zero attached hydrogens (tertiary/aromatic N) is 2. The van der Waals surface area contributed by atoms with Gasteiger partial charge in [-0.25, -0.2) is 9.79 Å². The Hall–Kier alpha value is -2.71. The van der Waals surface area contributed by atoms with Gasteiger partial charge in [-0.2, -0.15) is 0 Å². The molecule has 1 atom stereocenters. The van der Waals surface area contributed by atoms with Gasteiger partial charge in [0.15, 0.2) is 4.80 Å². The Balaban J connectivity index is 1.85. The van der Waals surface area contributed by atoms with Gasteiger partial charge < -0.3 is 14.2 Å². The number of benzene rings is 2. The molecule has 0 unspecified atom stereocenters. The molecule has 0 bridgehead atoms. The summed E-state index contributed by atoms with van der Waals surface area (Å²) < 4.78 is 20.7. The molecule has 1 aliphatic heterocycles. The fourth-order valence-corrected chi connectivity index (χ4v) is 7.28. The first-order valence-corrected chi connectivity index (χ1v) is 15.0. The van der Waals surface area contributed by atoms with Gasteiger partial charge >= 0.3 is 5.97 Å². The van der Waals surface area contributed by atoms with Crippen LogP contribution in [0.1, 0.15) is 31.0 Å². The Morgan fingerprint density at radius 2 is 1.74 bits per heavy atom. The van der Waals surface area contributed by atoms with Gasteiger partial charge in [-0.1, -0.05) is 48.8 Å². The molecule has 0 radical (unpaired) electrons. The van der Waals surface area contributed by atoms with Gasteiger partial charge in [-0.15, -0.1) is 0 Å². The Morgan fingerprint density at radius 1 is 1.10 bits per heavy atom. The third-order valence-electron chi connectivity index (χ3n) is 5.74. The Morgan fingerprint density at radius 3 is 2.36 bits per heavy atom. The van der Waals surface area contributed by atoms with Crippen molar-refractivity contribution in [1.82, 2.24) is 4.57 Å². The second-order valence-electron chi connectivity index (χ2n) is 8.38. The molecule has 10 heteroatoms. The number of rotatable bonds is 10. The summed E-state index contributed by atoms with van der Waals surface area (Å²) in [5, 5.41) is 0. The second-order valence-corrected chi connectivity index (χ2v) is 11.7. The van der Waals surface area contributed by atoms with E-state index >= 15 is 0 Å². The third-order valence-corrected chi connectivity index (χ3v) is 8.33. The zero-order valence-electron chi connectivity index (χ0n) is 21.4. The molecule has 4 rings (SSSR count). The lowest BCUT2D eigenvalue weighted by atomic mass is 9.96. The summed E-state index contributed by atoms with van der Waals surface area (Å²) in [5.41, 5.74) is 2.23. The lowest BCUT2D eigenvalue weighted by molar-refractivity contribution is -0.139. The van der Waals surface area contributed by atoms with Gasteiger partial charge in [0.2, 0.25) is 0 Å². The van der Waals surface area contributed by atoms with Crippen LogP contribution in [0.15, 0.2) is 82.8 Å². The summed E-state index contributed by atoms with van der Waals surface area (Å²) in [7, 11) is 0. The maximum Gasteiger partial charge on any atom is 0.338 e. The number of ether oxygens (including phenoxy) is 3. The Bertz CT molecular complexity index is 1610. The monoisotopic (exact) mass is 768 g/mol. The smallest absolute Gasteiger partial charge is 0.338 e. The third kappa shape index (κ3) is 6.38. The van der Waals surface area contributed by atoms with Crippen LogP contribution in [0.3, 0.4) is 0 Å². The van der Waals surface area contributed by atoms with E-state index in [9.17, 15) is 9.59 Å². The summed E-state index contributed by atoms with van der Waals surface area (Å²) >= 11 is 5.74. The summed E-state index contributed by atoms with van der Waals surface area (Å²) in [6, 6.07) is 10.6. The molecule has 1 aromatic heterocycles. The van der Waals surface area contributed by atoms with E-state index in [2.05, 4.69) is 63.3 Å². The largest absolute Gasteiger partial charge is 0.490 e. The summed E-state index contributed by atoms with van der Waals surface area (Å²) in [6.45, 7) is 11.9. The number of aromatic nitrogens is 1. The fraction of sp³-hybridized carbons (Fsp3) is 0.207. The maximum absolute atomic E-state index is 13.9. The lowest BCUT2D eigenvalue weighted by Gasteiger charge is -2.24. The minimum absolute atomic E-state index is 0.213. The number of hydrogen-bond donors (Lipinski definition) is 0. The van der Waals surface area contributed by atoms with Crippen molar-refractivity contribution in [3.05, 3.63) is 111 Å². The molecule has 0 spiro atoms. The number of allylic oxidation sites excluding steroid dienone is 1. The molecule has 202 valence electrons.